The van der Waals surface area contributed by atoms with Crippen LogP contribution in [-0.4, -0.2) is 101 Å². The predicted molar refractivity (Wildman–Crippen MR) is 177 cm³/mol. The highest BCUT2D eigenvalue weighted by Gasteiger charge is 2.05. The van der Waals surface area contributed by atoms with E-state index >= 15 is 0 Å². The highest BCUT2D eigenvalue weighted by Crippen LogP contribution is 1.86. The second-order valence-electron chi connectivity index (χ2n) is 9.20. The maximum absolute atomic E-state index is 11.4. The third-order valence-electron chi connectivity index (χ3n) is 5.22. The molecule has 12 nitrogen and oxygen atoms in total. The first-order chi connectivity index (χ1) is 18.5. The molecule has 0 heterocycles. The third-order valence-corrected chi connectivity index (χ3v) is 5.22. The molecule has 0 aliphatic rings. The summed E-state index contributed by atoms with van der Waals surface area (Å²) < 4.78 is 0. The maximum Gasteiger partial charge on any atom is 0.234 e. The number of likely N-dealkylation sites (N-methyl/N-ethyl adjacent to an activating group) is 1. The summed E-state index contributed by atoms with van der Waals surface area (Å²) >= 11 is 0. The lowest BCUT2D eigenvalue weighted by molar-refractivity contribution is -0.122. The van der Waals surface area contributed by atoms with E-state index < -0.39 is 0 Å². The fourth-order valence-electron chi connectivity index (χ4n) is 2.48. The Kier molecular flexibility index (Phi) is 32.0. The van der Waals surface area contributed by atoms with E-state index in [0.29, 0.717) is 64.4 Å². The zero-order chi connectivity index (χ0) is 30.5. The third kappa shape index (κ3) is 33.7. The summed E-state index contributed by atoms with van der Waals surface area (Å²) in [4.78, 5) is 45.2. The Morgan fingerprint density at radius 1 is 0.564 bits per heavy atom. The van der Waals surface area contributed by atoms with Gasteiger partial charge in [-0.05, 0) is 40.2 Å². The standard InChI is InChI=1S/C13H28N4O2.C12H26N4O2.C2H6.8H2/c1-5-11(4)17-9-13(19)15-7-6-14-12(18)8-16-10(2)3;1-4-10(2)16-9-12(18)15-7-5-6-14-11(17)8-13-3;1-2;;;;;;;;/h10-11,16-17H,5-9H2,1-4H3,(H,14,18)(H,15,19);10,13,16H,4-9H2,1-3H3,(H,14,17)(H,15,18);1-2H3;8*1H. The van der Waals surface area contributed by atoms with Crippen molar-refractivity contribution >= 4 is 23.6 Å². The molecule has 0 saturated carbocycles. The minimum absolute atomic E-state index is 0. The Morgan fingerprint density at radius 3 is 1.23 bits per heavy atom. The zero-order valence-corrected chi connectivity index (χ0v) is 26.1. The molecule has 0 aromatic carbocycles. The number of hydrogen-bond acceptors (Lipinski definition) is 8. The number of carbonyl (C=O) groups excluding carboxylic acids is 4. The lowest BCUT2D eigenvalue weighted by Crippen LogP contribution is -2.42. The van der Waals surface area contributed by atoms with Gasteiger partial charge in [-0.3, -0.25) is 19.2 Å². The number of hydrogen-bond donors (Lipinski definition) is 8. The normalized spacial score (nSPS) is 11.6. The van der Waals surface area contributed by atoms with Crippen LogP contribution in [0.2, 0.25) is 0 Å². The Hall–Kier alpha value is -2.28. The molecule has 0 aliphatic heterocycles. The van der Waals surface area contributed by atoms with Crippen molar-refractivity contribution in [3.63, 3.8) is 0 Å². The molecule has 8 N–H and O–H groups in total. The first-order valence-electron chi connectivity index (χ1n) is 14.5. The van der Waals surface area contributed by atoms with Crippen molar-refractivity contribution in [3.8, 4) is 0 Å². The SMILES string of the molecule is CC.CCC(C)NCC(=O)NCCCNC(=O)CNC.CCC(C)NCC(=O)NCCNC(=O)CNC(C)C.[HH].[HH].[HH].[HH].[HH].[HH].[HH].[HH]. The Bertz CT molecular complexity index is 652. The van der Waals surface area contributed by atoms with E-state index in [-0.39, 0.29) is 41.1 Å². The Morgan fingerprint density at radius 2 is 0.897 bits per heavy atom. The number of amides is 4. The van der Waals surface area contributed by atoms with Crippen molar-refractivity contribution < 1.29 is 30.6 Å². The highest BCUT2D eigenvalue weighted by molar-refractivity contribution is 5.79. The summed E-state index contributed by atoms with van der Waals surface area (Å²) in [6.45, 7) is 19.6. The fourth-order valence-corrected chi connectivity index (χ4v) is 2.48. The van der Waals surface area contributed by atoms with Crippen LogP contribution in [0.25, 0.3) is 0 Å². The summed E-state index contributed by atoms with van der Waals surface area (Å²) in [5.41, 5.74) is 0. The summed E-state index contributed by atoms with van der Waals surface area (Å²) in [5, 5.41) is 23.0. The molecular weight excluding hydrogens is 500 g/mol. The van der Waals surface area contributed by atoms with Gasteiger partial charge in [-0.1, -0.05) is 41.5 Å². The van der Waals surface area contributed by atoms with Gasteiger partial charge in [0.1, 0.15) is 0 Å². The van der Waals surface area contributed by atoms with E-state index in [2.05, 4.69) is 56.4 Å². The van der Waals surface area contributed by atoms with Gasteiger partial charge in [0.25, 0.3) is 0 Å². The summed E-state index contributed by atoms with van der Waals surface area (Å²) in [6, 6.07) is 0.987. The van der Waals surface area contributed by atoms with Crippen LogP contribution in [0, 0.1) is 0 Å². The molecule has 0 radical (unpaired) electrons. The van der Waals surface area contributed by atoms with E-state index in [4.69, 9.17) is 0 Å². The second-order valence-corrected chi connectivity index (χ2v) is 9.20. The van der Waals surface area contributed by atoms with Crippen LogP contribution < -0.4 is 42.5 Å². The molecular formula is C27H76N8O4. The van der Waals surface area contributed by atoms with Gasteiger partial charge in [0.2, 0.25) is 23.6 Å². The minimum Gasteiger partial charge on any atom is -0.355 e. The Labute approximate surface area is 249 Å². The molecule has 12 heteroatoms. The molecule has 248 valence electrons. The minimum atomic E-state index is -0.0549. The van der Waals surface area contributed by atoms with Gasteiger partial charge in [-0.25, -0.2) is 0 Å². The molecule has 0 bridgehead atoms. The number of nitrogens with one attached hydrogen (secondary N) is 8. The van der Waals surface area contributed by atoms with E-state index in [1.807, 2.05) is 41.5 Å². The van der Waals surface area contributed by atoms with Crippen molar-refractivity contribution in [1.29, 1.82) is 0 Å². The number of carbonyl (C=O) groups is 4. The van der Waals surface area contributed by atoms with Crippen molar-refractivity contribution in [3.05, 3.63) is 0 Å². The largest absolute Gasteiger partial charge is 0.355 e. The predicted octanol–water partition coefficient (Wildman–Crippen LogP) is 1.82. The topological polar surface area (TPSA) is 165 Å². The average molecular weight is 577 g/mol. The van der Waals surface area contributed by atoms with Crippen LogP contribution in [0.1, 0.15) is 86.1 Å². The van der Waals surface area contributed by atoms with Gasteiger partial charge in [0, 0.05) is 55.7 Å². The van der Waals surface area contributed by atoms with Crippen molar-refractivity contribution in [2.75, 3.05) is 59.4 Å². The van der Waals surface area contributed by atoms with Gasteiger partial charge in [-0.2, -0.15) is 0 Å². The van der Waals surface area contributed by atoms with Crippen molar-refractivity contribution in [2.24, 2.45) is 0 Å². The summed E-state index contributed by atoms with van der Waals surface area (Å²) in [7, 11) is 1.73. The number of rotatable bonds is 20. The van der Waals surface area contributed by atoms with Crippen molar-refractivity contribution in [1.82, 2.24) is 42.5 Å². The molecule has 0 saturated heterocycles. The Balaban J connectivity index is -0.0000000501. The van der Waals surface area contributed by atoms with Crippen LogP contribution >= 0.6 is 0 Å². The molecule has 2 unspecified atom stereocenters. The monoisotopic (exact) mass is 577 g/mol. The van der Waals surface area contributed by atoms with Gasteiger partial charge < -0.3 is 42.5 Å². The van der Waals surface area contributed by atoms with E-state index in [0.717, 1.165) is 19.3 Å². The summed E-state index contributed by atoms with van der Waals surface area (Å²) in [5.74, 6) is -0.130. The molecule has 0 aliphatic carbocycles. The van der Waals surface area contributed by atoms with E-state index in [9.17, 15) is 19.2 Å². The molecule has 0 aromatic heterocycles. The zero-order valence-electron chi connectivity index (χ0n) is 26.1. The first-order valence-corrected chi connectivity index (χ1v) is 14.5. The van der Waals surface area contributed by atoms with Crippen LogP contribution in [0.3, 0.4) is 0 Å². The molecule has 0 aromatic rings. The smallest absolute Gasteiger partial charge is 0.234 e. The molecule has 0 rings (SSSR count). The molecule has 39 heavy (non-hydrogen) atoms. The molecule has 4 amide bonds. The van der Waals surface area contributed by atoms with Gasteiger partial charge >= 0.3 is 0 Å². The molecule has 2 atom stereocenters. The molecule has 0 spiro atoms. The fraction of sp³-hybridized carbons (Fsp3) is 0.852. The van der Waals surface area contributed by atoms with Crippen LogP contribution in [0.15, 0.2) is 0 Å². The van der Waals surface area contributed by atoms with Crippen LogP contribution in [-0.2, 0) is 19.2 Å². The van der Waals surface area contributed by atoms with Crippen LogP contribution in [0.5, 0.6) is 0 Å². The van der Waals surface area contributed by atoms with E-state index in [1.165, 1.54) is 0 Å². The summed E-state index contributed by atoms with van der Waals surface area (Å²) in [6.07, 6.45) is 2.74. The lowest BCUT2D eigenvalue weighted by atomic mass is 10.2. The second kappa shape index (κ2) is 30.3. The van der Waals surface area contributed by atoms with E-state index in [1.54, 1.807) is 7.05 Å². The quantitative estimate of drug-likeness (QED) is 0.102. The van der Waals surface area contributed by atoms with Crippen molar-refractivity contribution in [2.45, 2.75) is 92.8 Å². The van der Waals surface area contributed by atoms with Gasteiger partial charge in [-0.15, -0.1) is 0 Å². The van der Waals surface area contributed by atoms with Gasteiger partial charge in [0.15, 0.2) is 0 Å². The lowest BCUT2D eigenvalue weighted by Gasteiger charge is -2.12. The van der Waals surface area contributed by atoms with Gasteiger partial charge in [0.05, 0.1) is 26.2 Å². The highest BCUT2D eigenvalue weighted by atomic mass is 16.2. The molecule has 0 fully saturated rings. The maximum atomic E-state index is 11.4. The average Bonchev–Trinajstić information content (AvgIpc) is 2.92. The first kappa shape index (κ1) is 41.2. The van der Waals surface area contributed by atoms with Crippen LogP contribution in [0.4, 0.5) is 0 Å².